The van der Waals surface area contributed by atoms with Gasteiger partial charge in [0, 0.05) is 23.3 Å². The van der Waals surface area contributed by atoms with Crippen LogP contribution in [-0.2, 0) is 0 Å². The number of nitrogens with zero attached hydrogens (tertiary/aromatic N) is 1. The minimum atomic E-state index is -1.11. The maximum atomic E-state index is 12.2. The Labute approximate surface area is 137 Å². The molecule has 0 saturated carbocycles. The first-order valence-electron chi connectivity index (χ1n) is 7.54. The van der Waals surface area contributed by atoms with Crippen molar-refractivity contribution in [3.05, 3.63) is 62.2 Å². The van der Waals surface area contributed by atoms with Crippen LogP contribution in [0.2, 0.25) is 0 Å². The number of carbonyl (C=O) groups excluding carboxylic acids is 1. The van der Waals surface area contributed by atoms with Gasteiger partial charge in [0.1, 0.15) is 23.5 Å². The SMILES string of the molecule is CC(=O)c1ccc2c(c1)C(n1[nH]c(=O)ccc1=O)C(O)C(C)(C)O2. The minimum Gasteiger partial charge on any atom is -0.485 e. The summed E-state index contributed by atoms with van der Waals surface area (Å²) in [4.78, 5) is 35.6. The molecule has 0 fully saturated rings. The third-order valence-corrected chi connectivity index (χ3v) is 4.24. The van der Waals surface area contributed by atoms with Crippen LogP contribution in [0.15, 0.2) is 39.9 Å². The molecule has 0 aliphatic carbocycles. The number of aliphatic hydroxyl groups is 1. The molecule has 0 spiro atoms. The Hall–Kier alpha value is -2.67. The Morgan fingerprint density at radius 3 is 2.62 bits per heavy atom. The Balaban J connectivity index is 2.29. The Morgan fingerprint density at radius 1 is 1.25 bits per heavy atom. The first-order valence-corrected chi connectivity index (χ1v) is 7.54. The highest BCUT2D eigenvalue weighted by Crippen LogP contribution is 2.41. The van der Waals surface area contributed by atoms with Gasteiger partial charge in [-0.25, -0.2) is 4.68 Å². The van der Waals surface area contributed by atoms with E-state index in [1.54, 1.807) is 32.0 Å². The number of ketones is 1. The topological polar surface area (TPSA) is 101 Å². The molecule has 3 rings (SSSR count). The average molecular weight is 330 g/mol. The van der Waals surface area contributed by atoms with Crippen molar-refractivity contribution in [2.45, 2.75) is 38.5 Å². The van der Waals surface area contributed by atoms with E-state index in [0.29, 0.717) is 16.9 Å². The van der Waals surface area contributed by atoms with E-state index in [2.05, 4.69) is 5.10 Å². The van der Waals surface area contributed by atoms with E-state index >= 15 is 0 Å². The second kappa shape index (κ2) is 5.45. The van der Waals surface area contributed by atoms with Crippen molar-refractivity contribution >= 4 is 5.78 Å². The fourth-order valence-electron chi connectivity index (χ4n) is 2.91. The van der Waals surface area contributed by atoms with Crippen molar-refractivity contribution in [2.75, 3.05) is 0 Å². The summed E-state index contributed by atoms with van der Waals surface area (Å²) in [7, 11) is 0. The fraction of sp³-hybridized carbons (Fsp3) is 0.353. The summed E-state index contributed by atoms with van der Waals surface area (Å²) >= 11 is 0. The Morgan fingerprint density at radius 2 is 1.96 bits per heavy atom. The first-order chi connectivity index (χ1) is 11.2. The van der Waals surface area contributed by atoms with Gasteiger partial charge in [-0.05, 0) is 39.0 Å². The highest BCUT2D eigenvalue weighted by Gasteiger charge is 2.44. The number of benzene rings is 1. The second-order valence-electron chi connectivity index (χ2n) is 6.42. The normalized spacial score (nSPS) is 21.7. The van der Waals surface area contributed by atoms with Crippen LogP contribution in [0, 0.1) is 0 Å². The van der Waals surface area contributed by atoms with Crippen LogP contribution in [0.5, 0.6) is 5.75 Å². The van der Waals surface area contributed by atoms with Crippen molar-refractivity contribution < 1.29 is 14.6 Å². The van der Waals surface area contributed by atoms with Gasteiger partial charge in [0.05, 0.1) is 0 Å². The number of hydrogen-bond acceptors (Lipinski definition) is 5. The zero-order valence-electron chi connectivity index (χ0n) is 13.6. The Kier molecular flexibility index (Phi) is 3.68. The van der Waals surface area contributed by atoms with Gasteiger partial charge in [0.15, 0.2) is 5.78 Å². The molecule has 2 atom stereocenters. The van der Waals surface area contributed by atoms with Gasteiger partial charge in [-0.3, -0.25) is 19.5 Å². The third-order valence-electron chi connectivity index (χ3n) is 4.24. The monoisotopic (exact) mass is 330 g/mol. The van der Waals surface area contributed by atoms with Crippen molar-refractivity contribution in [1.29, 1.82) is 0 Å². The molecular weight excluding hydrogens is 312 g/mol. The summed E-state index contributed by atoms with van der Waals surface area (Å²) in [5.41, 5.74) is -1.01. The van der Waals surface area contributed by atoms with E-state index in [1.165, 1.54) is 6.92 Å². The number of aliphatic hydroxyl groups excluding tert-OH is 1. The van der Waals surface area contributed by atoms with Gasteiger partial charge >= 0.3 is 0 Å². The lowest BCUT2D eigenvalue weighted by atomic mass is 9.85. The molecule has 7 heteroatoms. The molecule has 0 bridgehead atoms. The number of rotatable bonds is 2. The molecule has 0 amide bonds. The van der Waals surface area contributed by atoms with Crippen LogP contribution in [0.3, 0.4) is 0 Å². The van der Waals surface area contributed by atoms with Crippen LogP contribution in [0.1, 0.15) is 42.7 Å². The van der Waals surface area contributed by atoms with Gasteiger partial charge < -0.3 is 9.84 Å². The number of hydrogen-bond donors (Lipinski definition) is 2. The fourth-order valence-corrected chi connectivity index (χ4v) is 2.91. The standard InChI is InChI=1S/C17H18N2O5/c1-9(20)10-4-5-12-11(8-10)15(16(23)17(2,3)24-12)19-14(22)7-6-13(21)18-19/h4-8,15-16,23H,1-3H3,(H,18,21). The van der Waals surface area contributed by atoms with E-state index in [-0.39, 0.29) is 5.78 Å². The second-order valence-corrected chi connectivity index (χ2v) is 6.42. The van der Waals surface area contributed by atoms with E-state index in [1.807, 2.05) is 0 Å². The van der Waals surface area contributed by atoms with Crippen LogP contribution < -0.4 is 15.9 Å². The molecule has 2 unspecified atom stereocenters. The molecule has 2 heterocycles. The molecule has 1 aliphatic heterocycles. The van der Waals surface area contributed by atoms with Crippen LogP contribution in [-0.4, -0.2) is 32.4 Å². The molecule has 1 aliphatic rings. The smallest absolute Gasteiger partial charge is 0.265 e. The number of fused-ring (bicyclic) bond motifs is 1. The van der Waals surface area contributed by atoms with E-state index in [4.69, 9.17) is 4.74 Å². The number of aromatic amines is 1. The summed E-state index contributed by atoms with van der Waals surface area (Å²) in [5.74, 6) is 0.307. The van der Waals surface area contributed by atoms with Gasteiger partial charge in [-0.1, -0.05) is 0 Å². The van der Waals surface area contributed by atoms with E-state index in [9.17, 15) is 19.5 Å². The van der Waals surface area contributed by atoms with Crippen LogP contribution in [0.25, 0.3) is 0 Å². The molecule has 2 aromatic rings. The molecule has 0 radical (unpaired) electrons. The zero-order valence-corrected chi connectivity index (χ0v) is 13.6. The van der Waals surface area contributed by atoms with Gasteiger partial charge in [0.2, 0.25) is 0 Å². The minimum absolute atomic E-state index is 0.148. The van der Waals surface area contributed by atoms with Crippen molar-refractivity contribution in [1.82, 2.24) is 9.78 Å². The Bertz CT molecular complexity index is 925. The predicted octanol–water partition coefficient (Wildman–Crippen LogP) is 0.860. The number of aromatic nitrogens is 2. The summed E-state index contributed by atoms with van der Waals surface area (Å²) < 4.78 is 6.90. The van der Waals surface area contributed by atoms with E-state index in [0.717, 1.165) is 16.8 Å². The third kappa shape index (κ3) is 2.56. The zero-order chi connectivity index (χ0) is 17.6. The maximum Gasteiger partial charge on any atom is 0.265 e. The summed E-state index contributed by atoms with van der Waals surface area (Å²) in [5, 5.41) is 13.2. The van der Waals surface area contributed by atoms with E-state index < -0.39 is 28.9 Å². The number of ether oxygens (including phenoxy) is 1. The van der Waals surface area contributed by atoms with Crippen molar-refractivity contribution in [2.24, 2.45) is 0 Å². The lowest BCUT2D eigenvalue weighted by Gasteiger charge is -2.42. The molecule has 7 nitrogen and oxygen atoms in total. The van der Waals surface area contributed by atoms with Crippen LogP contribution >= 0.6 is 0 Å². The van der Waals surface area contributed by atoms with Crippen molar-refractivity contribution in [3.8, 4) is 5.75 Å². The largest absolute Gasteiger partial charge is 0.485 e. The first kappa shape index (κ1) is 16.2. The molecule has 1 aromatic carbocycles. The molecule has 0 saturated heterocycles. The summed E-state index contributed by atoms with van der Waals surface area (Å²) in [6, 6.07) is 6.25. The highest BCUT2D eigenvalue weighted by molar-refractivity contribution is 5.94. The number of H-pyrrole nitrogens is 1. The van der Waals surface area contributed by atoms with Gasteiger partial charge in [0.25, 0.3) is 11.1 Å². The predicted molar refractivity (Wildman–Crippen MR) is 86.6 cm³/mol. The number of Topliss-reactive ketones (excluding diaryl/α,β-unsaturated/α-hetero) is 1. The highest BCUT2D eigenvalue weighted by atomic mass is 16.5. The lowest BCUT2D eigenvalue weighted by Crippen LogP contribution is -2.53. The van der Waals surface area contributed by atoms with Gasteiger partial charge in [-0.2, -0.15) is 0 Å². The quantitative estimate of drug-likeness (QED) is 0.795. The number of carbonyl (C=O) groups is 1. The summed E-state index contributed by atoms with van der Waals surface area (Å²) in [6.07, 6.45) is -1.11. The molecule has 1 aromatic heterocycles. The maximum absolute atomic E-state index is 12.2. The molecule has 24 heavy (non-hydrogen) atoms. The van der Waals surface area contributed by atoms with Crippen LogP contribution in [0.4, 0.5) is 0 Å². The van der Waals surface area contributed by atoms with Crippen molar-refractivity contribution in [3.63, 3.8) is 0 Å². The molecule has 2 N–H and O–H groups in total. The summed E-state index contributed by atoms with van der Waals surface area (Å²) in [6.45, 7) is 4.81. The molecular formula is C17H18N2O5. The number of nitrogens with one attached hydrogen (secondary N) is 1. The lowest BCUT2D eigenvalue weighted by molar-refractivity contribution is -0.0668. The average Bonchev–Trinajstić information content (AvgIpc) is 2.50. The van der Waals surface area contributed by atoms with Gasteiger partial charge in [-0.15, -0.1) is 0 Å². The molecule has 126 valence electrons.